The average Bonchev–Trinajstić information content (AvgIpc) is 2.41. The van der Waals surface area contributed by atoms with E-state index in [9.17, 15) is 5.11 Å². The molecule has 0 unspecified atom stereocenters. The Morgan fingerprint density at radius 2 is 1.65 bits per heavy atom. The van der Waals surface area contributed by atoms with Gasteiger partial charge in [-0.25, -0.2) is 0 Å². The SMILES string of the molecule is CC(C)(C)N1CCN(CCOc2ccc(O)cc2)CC1. The number of phenolic OH excluding ortho intramolecular Hbond substituents is 1. The molecule has 1 N–H and O–H groups in total. The molecule has 4 nitrogen and oxygen atoms in total. The summed E-state index contributed by atoms with van der Waals surface area (Å²) in [5, 5.41) is 9.21. The van der Waals surface area contributed by atoms with Crippen LogP contribution in [0.2, 0.25) is 0 Å². The Morgan fingerprint density at radius 3 is 2.20 bits per heavy atom. The van der Waals surface area contributed by atoms with Gasteiger partial charge in [-0.3, -0.25) is 9.80 Å². The van der Waals surface area contributed by atoms with Crippen molar-refractivity contribution in [3.8, 4) is 11.5 Å². The first-order valence-electron chi connectivity index (χ1n) is 7.34. The van der Waals surface area contributed by atoms with Crippen molar-refractivity contribution in [2.24, 2.45) is 0 Å². The van der Waals surface area contributed by atoms with E-state index in [2.05, 4.69) is 30.6 Å². The number of phenols is 1. The topological polar surface area (TPSA) is 35.9 Å². The zero-order valence-electron chi connectivity index (χ0n) is 12.8. The molecule has 1 aliphatic rings. The summed E-state index contributed by atoms with van der Waals surface area (Å²) in [5.41, 5.74) is 0.272. The van der Waals surface area contributed by atoms with Crippen LogP contribution in [0.25, 0.3) is 0 Å². The molecule has 0 aliphatic carbocycles. The zero-order valence-corrected chi connectivity index (χ0v) is 12.8. The van der Waals surface area contributed by atoms with Gasteiger partial charge < -0.3 is 9.84 Å². The first kappa shape index (κ1) is 15.1. The van der Waals surface area contributed by atoms with Crippen molar-refractivity contribution >= 4 is 0 Å². The molecular weight excluding hydrogens is 252 g/mol. The van der Waals surface area contributed by atoms with Crippen molar-refractivity contribution in [3.05, 3.63) is 24.3 Å². The molecule has 0 amide bonds. The van der Waals surface area contributed by atoms with E-state index < -0.39 is 0 Å². The average molecular weight is 278 g/mol. The van der Waals surface area contributed by atoms with Gasteiger partial charge in [0.2, 0.25) is 0 Å². The number of benzene rings is 1. The Bertz CT molecular complexity index is 403. The van der Waals surface area contributed by atoms with E-state index in [4.69, 9.17) is 4.74 Å². The summed E-state index contributed by atoms with van der Waals surface area (Å²) in [6.45, 7) is 12.9. The lowest BCUT2D eigenvalue weighted by atomic mass is 10.1. The Labute approximate surface area is 122 Å². The Kier molecular flexibility index (Phi) is 4.89. The van der Waals surface area contributed by atoms with Crippen molar-refractivity contribution in [1.29, 1.82) is 0 Å². The maximum atomic E-state index is 9.21. The summed E-state index contributed by atoms with van der Waals surface area (Å²) in [6, 6.07) is 6.90. The van der Waals surface area contributed by atoms with Crippen LogP contribution in [0, 0.1) is 0 Å². The summed E-state index contributed by atoms with van der Waals surface area (Å²) >= 11 is 0. The van der Waals surface area contributed by atoms with E-state index in [-0.39, 0.29) is 11.3 Å². The zero-order chi connectivity index (χ0) is 14.6. The van der Waals surface area contributed by atoms with E-state index in [1.54, 1.807) is 24.3 Å². The second kappa shape index (κ2) is 6.46. The number of hydrogen-bond acceptors (Lipinski definition) is 4. The third-order valence-corrected chi connectivity index (χ3v) is 3.83. The number of hydrogen-bond donors (Lipinski definition) is 1. The number of nitrogens with zero attached hydrogens (tertiary/aromatic N) is 2. The number of piperazine rings is 1. The lowest BCUT2D eigenvalue weighted by Gasteiger charge is -2.42. The predicted molar refractivity (Wildman–Crippen MR) is 81.4 cm³/mol. The fourth-order valence-corrected chi connectivity index (χ4v) is 2.48. The van der Waals surface area contributed by atoms with Crippen LogP contribution >= 0.6 is 0 Å². The van der Waals surface area contributed by atoms with Gasteiger partial charge in [-0.2, -0.15) is 0 Å². The highest BCUT2D eigenvalue weighted by Crippen LogP contribution is 2.17. The normalized spacial score (nSPS) is 18.1. The van der Waals surface area contributed by atoms with E-state index in [1.165, 1.54) is 0 Å². The molecule has 1 aromatic carbocycles. The lowest BCUT2D eigenvalue weighted by Crippen LogP contribution is -2.53. The molecule has 20 heavy (non-hydrogen) atoms. The van der Waals surface area contributed by atoms with E-state index in [0.29, 0.717) is 6.61 Å². The van der Waals surface area contributed by atoms with Crippen molar-refractivity contribution in [2.75, 3.05) is 39.3 Å². The van der Waals surface area contributed by atoms with Crippen LogP contribution in [0.1, 0.15) is 20.8 Å². The Balaban J connectivity index is 1.67. The minimum atomic E-state index is 0.272. The lowest BCUT2D eigenvalue weighted by molar-refractivity contribution is 0.0564. The van der Waals surface area contributed by atoms with Crippen LogP contribution in [0.5, 0.6) is 11.5 Å². The quantitative estimate of drug-likeness (QED) is 0.916. The molecule has 0 atom stereocenters. The first-order valence-corrected chi connectivity index (χ1v) is 7.34. The van der Waals surface area contributed by atoms with Crippen LogP contribution < -0.4 is 4.74 Å². The molecule has 1 aliphatic heterocycles. The second-order valence-corrected chi connectivity index (χ2v) is 6.34. The minimum Gasteiger partial charge on any atom is -0.508 e. The molecule has 2 rings (SSSR count). The fraction of sp³-hybridized carbons (Fsp3) is 0.625. The minimum absolute atomic E-state index is 0.272. The van der Waals surface area contributed by atoms with Gasteiger partial charge in [0.15, 0.2) is 0 Å². The summed E-state index contributed by atoms with van der Waals surface area (Å²) in [4.78, 5) is 4.98. The third kappa shape index (κ3) is 4.39. The summed E-state index contributed by atoms with van der Waals surface area (Å²) in [5.74, 6) is 1.09. The molecule has 0 aromatic heterocycles. The van der Waals surface area contributed by atoms with Crippen LogP contribution in [-0.4, -0.2) is 59.8 Å². The van der Waals surface area contributed by atoms with E-state index >= 15 is 0 Å². The molecule has 1 fully saturated rings. The summed E-state index contributed by atoms with van der Waals surface area (Å²) in [7, 11) is 0. The Hall–Kier alpha value is -1.26. The van der Waals surface area contributed by atoms with Gasteiger partial charge in [0.1, 0.15) is 18.1 Å². The number of rotatable bonds is 4. The third-order valence-electron chi connectivity index (χ3n) is 3.83. The molecule has 4 heteroatoms. The maximum absolute atomic E-state index is 9.21. The molecule has 0 bridgehead atoms. The Morgan fingerprint density at radius 1 is 1.05 bits per heavy atom. The van der Waals surface area contributed by atoms with Crippen LogP contribution in [0.15, 0.2) is 24.3 Å². The molecule has 1 aromatic rings. The fourth-order valence-electron chi connectivity index (χ4n) is 2.48. The first-order chi connectivity index (χ1) is 9.45. The number of aromatic hydroxyl groups is 1. The molecule has 0 saturated carbocycles. The van der Waals surface area contributed by atoms with Crippen molar-refractivity contribution in [1.82, 2.24) is 9.80 Å². The van der Waals surface area contributed by atoms with Gasteiger partial charge in [-0.1, -0.05) is 0 Å². The maximum Gasteiger partial charge on any atom is 0.119 e. The molecule has 1 saturated heterocycles. The van der Waals surface area contributed by atoms with Gasteiger partial charge in [-0.15, -0.1) is 0 Å². The second-order valence-electron chi connectivity index (χ2n) is 6.34. The van der Waals surface area contributed by atoms with Crippen molar-refractivity contribution in [3.63, 3.8) is 0 Å². The van der Waals surface area contributed by atoms with E-state index in [1.807, 2.05) is 0 Å². The van der Waals surface area contributed by atoms with Gasteiger partial charge in [-0.05, 0) is 45.0 Å². The van der Waals surface area contributed by atoms with Gasteiger partial charge in [0.05, 0.1) is 0 Å². The standard InChI is InChI=1S/C16H26N2O2/c1-16(2,3)18-10-8-17(9-11-18)12-13-20-15-6-4-14(19)5-7-15/h4-7,19H,8-13H2,1-3H3. The highest BCUT2D eigenvalue weighted by molar-refractivity contribution is 5.29. The van der Waals surface area contributed by atoms with Crippen molar-refractivity contribution in [2.45, 2.75) is 26.3 Å². The predicted octanol–water partition coefficient (Wildman–Crippen LogP) is 2.19. The molecule has 0 radical (unpaired) electrons. The van der Waals surface area contributed by atoms with Gasteiger partial charge in [0.25, 0.3) is 0 Å². The highest BCUT2D eigenvalue weighted by Gasteiger charge is 2.25. The van der Waals surface area contributed by atoms with Crippen LogP contribution in [0.4, 0.5) is 0 Å². The molecule has 1 heterocycles. The largest absolute Gasteiger partial charge is 0.508 e. The van der Waals surface area contributed by atoms with Gasteiger partial charge >= 0.3 is 0 Å². The number of ether oxygens (including phenoxy) is 1. The van der Waals surface area contributed by atoms with Gasteiger partial charge in [0, 0.05) is 38.3 Å². The monoisotopic (exact) mass is 278 g/mol. The van der Waals surface area contributed by atoms with E-state index in [0.717, 1.165) is 38.5 Å². The smallest absolute Gasteiger partial charge is 0.119 e. The highest BCUT2D eigenvalue weighted by atomic mass is 16.5. The van der Waals surface area contributed by atoms with Crippen LogP contribution in [-0.2, 0) is 0 Å². The molecule has 112 valence electrons. The molecular formula is C16H26N2O2. The molecule has 0 spiro atoms. The van der Waals surface area contributed by atoms with Crippen molar-refractivity contribution < 1.29 is 9.84 Å². The van der Waals surface area contributed by atoms with Crippen LogP contribution in [0.3, 0.4) is 0 Å². The summed E-state index contributed by atoms with van der Waals surface area (Å²) < 4.78 is 5.69. The summed E-state index contributed by atoms with van der Waals surface area (Å²) in [6.07, 6.45) is 0.